The van der Waals surface area contributed by atoms with Crippen LogP contribution in [0.25, 0.3) is 10.9 Å². The molecule has 0 bridgehead atoms. The summed E-state index contributed by atoms with van der Waals surface area (Å²) in [6, 6.07) is 7.57. The molecule has 0 N–H and O–H groups in total. The number of hydrogen-bond acceptors (Lipinski definition) is 1. The van der Waals surface area contributed by atoms with Gasteiger partial charge >= 0.3 is 0 Å². The van der Waals surface area contributed by atoms with Crippen LogP contribution < -0.4 is 0 Å². The van der Waals surface area contributed by atoms with E-state index in [1.165, 1.54) is 0 Å². The van der Waals surface area contributed by atoms with Crippen LogP contribution >= 0.6 is 0 Å². The molecular formula is C11H10FN. The lowest BCUT2D eigenvalue weighted by Gasteiger charge is -2.03. The largest absolute Gasteiger partial charge is 0.256 e. The molecule has 66 valence electrons. The molecule has 0 saturated heterocycles. The minimum absolute atomic E-state index is 0.451. The van der Waals surface area contributed by atoms with Crippen LogP contribution in [-0.4, -0.2) is 4.98 Å². The van der Waals surface area contributed by atoms with Gasteiger partial charge in [0.2, 0.25) is 0 Å². The summed E-state index contributed by atoms with van der Waals surface area (Å²) in [7, 11) is 0. The van der Waals surface area contributed by atoms with E-state index in [4.69, 9.17) is 0 Å². The van der Waals surface area contributed by atoms with Gasteiger partial charge in [-0.2, -0.15) is 0 Å². The average molecular weight is 175 g/mol. The Labute approximate surface area is 76.2 Å². The van der Waals surface area contributed by atoms with Gasteiger partial charge in [-0.25, -0.2) is 4.39 Å². The first-order valence-corrected chi connectivity index (χ1v) is 4.22. The van der Waals surface area contributed by atoms with E-state index in [1.807, 2.05) is 25.1 Å². The summed E-state index contributed by atoms with van der Waals surface area (Å²) < 4.78 is 12.5. The lowest BCUT2D eigenvalue weighted by Crippen LogP contribution is -1.88. The molecule has 0 amide bonds. The third-order valence-electron chi connectivity index (χ3n) is 2.22. The van der Waals surface area contributed by atoms with Crippen molar-refractivity contribution in [1.29, 1.82) is 0 Å². The molecule has 0 spiro atoms. The number of aromatic nitrogens is 1. The number of nitrogens with zero attached hydrogens (tertiary/aromatic N) is 1. The van der Waals surface area contributed by atoms with E-state index >= 15 is 0 Å². The predicted molar refractivity (Wildman–Crippen MR) is 51.3 cm³/mol. The van der Waals surface area contributed by atoms with E-state index in [9.17, 15) is 4.39 Å². The third-order valence-corrected chi connectivity index (χ3v) is 2.22. The van der Waals surface area contributed by atoms with Crippen LogP contribution in [0.3, 0.4) is 0 Å². The van der Waals surface area contributed by atoms with Gasteiger partial charge in [-0.3, -0.25) is 4.98 Å². The van der Waals surface area contributed by atoms with E-state index in [-0.39, 0.29) is 0 Å². The van der Waals surface area contributed by atoms with Gasteiger partial charge in [-0.05, 0) is 18.6 Å². The lowest BCUT2D eigenvalue weighted by molar-refractivity contribution is 0.487. The first-order chi connectivity index (χ1) is 6.33. The number of fused-ring (bicyclic) bond motifs is 1. The SMILES string of the molecule is Cc1ccc(CF)c2ncccc12. The van der Waals surface area contributed by atoms with Gasteiger partial charge in [0.25, 0.3) is 0 Å². The zero-order valence-corrected chi connectivity index (χ0v) is 7.42. The van der Waals surface area contributed by atoms with Gasteiger partial charge in [0.1, 0.15) is 6.67 Å². The summed E-state index contributed by atoms with van der Waals surface area (Å²) in [5.41, 5.74) is 2.59. The molecular weight excluding hydrogens is 165 g/mol. The van der Waals surface area contributed by atoms with Crippen LogP contribution in [0, 0.1) is 6.92 Å². The topological polar surface area (TPSA) is 12.9 Å². The van der Waals surface area contributed by atoms with Gasteiger partial charge in [0.15, 0.2) is 0 Å². The Kier molecular flexibility index (Phi) is 1.97. The molecule has 1 nitrogen and oxygen atoms in total. The number of pyridine rings is 1. The fourth-order valence-electron chi connectivity index (χ4n) is 1.48. The van der Waals surface area contributed by atoms with Crippen LogP contribution in [0.1, 0.15) is 11.1 Å². The number of rotatable bonds is 1. The summed E-state index contributed by atoms with van der Waals surface area (Å²) in [4.78, 5) is 4.17. The number of hydrogen-bond donors (Lipinski definition) is 0. The highest BCUT2D eigenvalue weighted by Gasteiger charge is 2.02. The van der Waals surface area contributed by atoms with Gasteiger partial charge < -0.3 is 0 Å². The van der Waals surface area contributed by atoms with Gasteiger partial charge in [-0.15, -0.1) is 0 Å². The summed E-state index contributed by atoms with van der Waals surface area (Å²) >= 11 is 0. The fourth-order valence-corrected chi connectivity index (χ4v) is 1.48. The zero-order chi connectivity index (χ0) is 9.26. The number of benzene rings is 1. The Bertz CT molecular complexity index is 437. The van der Waals surface area contributed by atoms with E-state index < -0.39 is 6.67 Å². The molecule has 0 atom stereocenters. The Balaban J connectivity index is 2.84. The molecule has 0 aliphatic carbocycles. The van der Waals surface area contributed by atoms with Crippen molar-refractivity contribution in [1.82, 2.24) is 4.98 Å². The van der Waals surface area contributed by atoms with E-state index in [0.717, 1.165) is 16.5 Å². The molecule has 0 fully saturated rings. The summed E-state index contributed by atoms with van der Waals surface area (Å²) in [6.07, 6.45) is 1.70. The molecule has 1 heterocycles. The molecule has 13 heavy (non-hydrogen) atoms. The minimum Gasteiger partial charge on any atom is -0.256 e. The van der Waals surface area contributed by atoms with Gasteiger partial charge in [0, 0.05) is 17.1 Å². The highest BCUT2D eigenvalue weighted by molar-refractivity contribution is 5.84. The molecule has 2 rings (SSSR count). The lowest BCUT2D eigenvalue weighted by atomic mass is 10.1. The molecule has 2 heteroatoms. The quantitative estimate of drug-likeness (QED) is 0.649. The molecule has 1 aromatic heterocycles. The highest BCUT2D eigenvalue weighted by atomic mass is 19.1. The predicted octanol–water partition coefficient (Wildman–Crippen LogP) is 3.01. The Morgan fingerprint density at radius 3 is 2.92 bits per heavy atom. The number of aryl methyl sites for hydroxylation is 1. The van der Waals surface area contributed by atoms with E-state index in [2.05, 4.69) is 4.98 Å². The minimum atomic E-state index is -0.451. The second kappa shape index (κ2) is 3.13. The molecule has 1 aromatic carbocycles. The van der Waals surface area contributed by atoms with Crippen molar-refractivity contribution in [3.8, 4) is 0 Å². The normalized spacial score (nSPS) is 10.6. The van der Waals surface area contributed by atoms with Crippen molar-refractivity contribution in [3.63, 3.8) is 0 Å². The van der Waals surface area contributed by atoms with Crippen LogP contribution in [0.5, 0.6) is 0 Å². The fraction of sp³-hybridized carbons (Fsp3) is 0.182. The Morgan fingerprint density at radius 1 is 1.31 bits per heavy atom. The van der Waals surface area contributed by atoms with Crippen molar-refractivity contribution in [2.75, 3.05) is 0 Å². The Hall–Kier alpha value is -1.44. The maximum Gasteiger partial charge on any atom is 0.117 e. The summed E-state index contributed by atoms with van der Waals surface area (Å²) in [6.45, 7) is 1.56. The van der Waals surface area contributed by atoms with Crippen molar-refractivity contribution in [2.45, 2.75) is 13.6 Å². The molecule has 0 saturated carbocycles. The summed E-state index contributed by atoms with van der Waals surface area (Å²) in [5.74, 6) is 0. The van der Waals surface area contributed by atoms with Crippen molar-refractivity contribution in [2.24, 2.45) is 0 Å². The second-order valence-electron chi connectivity index (χ2n) is 3.07. The smallest absolute Gasteiger partial charge is 0.117 e. The van der Waals surface area contributed by atoms with E-state index in [1.54, 1.807) is 12.3 Å². The molecule has 0 radical (unpaired) electrons. The van der Waals surface area contributed by atoms with Gasteiger partial charge in [0.05, 0.1) is 5.52 Å². The third kappa shape index (κ3) is 1.28. The summed E-state index contributed by atoms with van der Waals surface area (Å²) in [5, 5.41) is 1.04. The maximum absolute atomic E-state index is 12.5. The molecule has 2 aromatic rings. The van der Waals surface area contributed by atoms with Crippen LogP contribution in [0.2, 0.25) is 0 Å². The zero-order valence-electron chi connectivity index (χ0n) is 7.42. The number of halogens is 1. The molecule has 0 aliphatic heterocycles. The van der Waals surface area contributed by atoms with Crippen LogP contribution in [0.4, 0.5) is 4.39 Å². The maximum atomic E-state index is 12.5. The molecule has 0 unspecified atom stereocenters. The van der Waals surface area contributed by atoms with Crippen LogP contribution in [0.15, 0.2) is 30.5 Å². The highest BCUT2D eigenvalue weighted by Crippen LogP contribution is 2.20. The standard InChI is InChI=1S/C11H10FN/c1-8-4-5-9(7-12)11-10(8)3-2-6-13-11/h2-6H,7H2,1H3. The Morgan fingerprint density at radius 2 is 2.15 bits per heavy atom. The van der Waals surface area contributed by atoms with Crippen molar-refractivity contribution < 1.29 is 4.39 Å². The van der Waals surface area contributed by atoms with Crippen molar-refractivity contribution in [3.05, 3.63) is 41.6 Å². The monoisotopic (exact) mass is 175 g/mol. The van der Waals surface area contributed by atoms with Crippen LogP contribution in [-0.2, 0) is 6.67 Å². The average Bonchev–Trinajstić information content (AvgIpc) is 2.19. The molecule has 0 aliphatic rings. The van der Waals surface area contributed by atoms with E-state index in [0.29, 0.717) is 5.56 Å². The number of alkyl halides is 1. The van der Waals surface area contributed by atoms with Crippen molar-refractivity contribution >= 4 is 10.9 Å². The first kappa shape index (κ1) is 8.17. The first-order valence-electron chi connectivity index (χ1n) is 4.22. The van der Waals surface area contributed by atoms with Gasteiger partial charge in [-0.1, -0.05) is 18.2 Å². The second-order valence-corrected chi connectivity index (χ2v) is 3.07.